The number of carbonyl (C=O) groups excluding carboxylic acids is 4. The number of primary amides is 1. The van der Waals surface area contributed by atoms with Crippen LogP contribution in [0.4, 0.5) is 0 Å². The molecule has 0 bridgehead atoms. The molecule has 0 saturated heterocycles. The molecule has 8 N–H and O–H groups in total. The van der Waals surface area contributed by atoms with Crippen LogP contribution in [0, 0.1) is 17.8 Å². The Balaban J connectivity index is 5.52. The fourth-order valence-electron chi connectivity index (χ4n) is 3.24. The van der Waals surface area contributed by atoms with Crippen molar-refractivity contribution in [3.8, 4) is 0 Å². The number of hydrogen-bond donors (Lipinski definition) is 6. The SMILES string of the molecule is CC(C)CC(N)C(=O)NC(CC(N)=O)C(=O)NC(CC(C)C)C(=O)NC(CC(C)C)C(=O)O. The van der Waals surface area contributed by atoms with Gasteiger partial charge < -0.3 is 32.5 Å². The summed E-state index contributed by atoms with van der Waals surface area (Å²) in [6, 6.07) is -4.38. The van der Waals surface area contributed by atoms with Gasteiger partial charge in [-0.15, -0.1) is 0 Å². The quantitative estimate of drug-likeness (QED) is 0.191. The van der Waals surface area contributed by atoms with E-state index in [1.54, 1.807) is 0 Å². The van der Waals surface area contributed by atoms with Crippen molar-refractivity contribution in [2.45, 2.75) is 91.4 Å². The molecule has 0 radical (unpaired) electrons. The molecular weight excluding hydrogens is 430 g/mol. The van der Waals surface area contributed by atoms with Gasteiger partial charge in [-0.05, 0) is 37.0 Å². The lowest BCUT2D eigenvalue weighted by atomic mass is 10.00. The number of carbonyl (C=O) groups is 5. The van der Waals surface area contributed by atoms with Crippen molar-refractivity contribution in [2.24, 2.45) is 29.2 Å². The molecule has 0 spiro atoms. The van der Waals surface area contributed by atoms with Gasteiger partial charge in [-0.1, -0.05) is 41.5 Å². The molecule has 0 aliphatic rings. The van der Waals surface area contributed by atoms with Gasteiger partial charge in [-0.3, -0.25) is 19.2 Å². The summed E-state index contributed by atoms with van der Waals surface area (Å²) in [5, 5.41) is 16.8. The van der Waals surface area contributed by atoms with Crippen LogP contribution in [0.5, 0.6) is 0 Å². The summed E-state index contributed by atoms with van der Waals surface area (Å²) in [4.78, 5) is 61.1. The molecule has 0 aromatic rings. The summed E-state index contributed by atoms with van der Waals surface area (Å²) < 4.78 is 0. The number of amides is 4. The third kappa shape index (κ3) is 12.8. The van der Waals surface area contributed by atoms with Gasteiger partial charge in [-0.2, -0.15) is 0 Å². The molecule has 33 heavy (non-hydrogen) atoms. The molecule has 0 rings (SSSR count). The van der Waals surface area contributed by atoms with Crippen LogP contribution in [-0.4, -0.2) is 58.9 Å². The highest BCUT2D eigenvalue weighted by Gasteiger charge is 2.31. The zero-order chi connectivity index (χ0) is 25.9. The summed E-state index contributed by atoms with van der Waals surface area (Å²) in [6.45, 7) is 11.1. The van der Waals surface area contributed by atoms with Crippen molar-refractivity contribution >= 4 is 29.6 Å². The minimum absolute atomic E-state index is 0.0157. The van der Waals surface area contributed by atoms with Crippen LogP contribution in [0.2, 0.25) is 0 Å². The maximum Gasteiger partial charge on any atom is 0.326 e. The average molecular weight is 472 g/mol. The van der Waals surface area contributed by atoms with Crippen LogP contribution in [0.15, 0.2) is 0 Å². The fraction of sp³-hybridized carbons (Fsp3) is 0.773. The van der Waals surface area contributed by atoms with Crippen LogP contribution < -0.4 is 27.4 Å². The number of hydrogen-bond acceptors (Lipinski definition) is 6. The van der Waals surface area contributed by atoms with E-state index in [0.29, 0.717) is 6.42 Å². The smallest absolute Gasteiger partial charge is 0.326 e. The van der Waals surface area contributed by atoms with Gasteiger partial charge in [0.15, 0.2) is 0 Å². The highest BCUT2D eigenvalue weighted by Crippen LogP contribution is 2.10. The Morgan fingerprint density at radius 1 is 0.667 bits per heavy atom. The summed E-state index contributed by atoms with van der Waals surface area (Å²) >= 11 is 0. The number of rotatable bonds is 15. The zero-order valence-corrected chi connectivity index (χ0v) is 20.5. The van der Waals surface area contributed by atoms with E-state index in [4.69, 9.17) is 11.5 Å². The van der Waals surface area contributed by atoms with E-state index >= 15 is 0 Å². The molecule has 11 nitrogen and oxygen atoms in total. The Labute approximate surface area is 195 Å². The lowest BCUT2D eigenvalue weighted by Crippen LogP contribution is -2.58. The number of aliphatic carboxylic acids is 1. The fourth-order valence-corrected chi connectivity index (χ4v) is 3.24. The first-order chi connectivity index (χ1) is 15.1. The van der Waals surface area contributed by atoms with Crippen LogP contribution >= 0.6 is 0 Å². The van der Waals surface area contributed by atoms with Crippen molar-refractivity contribution in [1.29, 1.82) is 0 Å². The average Bonchev–Trinajstić information content (AvgIpc) is 2.64. The second kappa shape index (κ2) is 14.5. The first-order valence-corrected chi connectivity index (χ1v) is 11.3. The van der Waals surface area contributed by atoms with Gasteiger partial charge in [-0.25, -0.2) is 4.79 Å². The Hall–Kier alpha value is -2.69. The topological polar surface area (TPSA) is 194 Å². The van der Waals surface area contributed by atoms with E-state index in [9.17, 15) is 29.1 Å². The van der Waals surface area contributed by atoms with E-state index in [2.05, 4.69) is 16.0 Å². The summed E-state index contributed by atoms with van der Waals surface area (Å²) in [7, 11) is 0. The third-order valence-corrected chi connectivity index (χ3v) is 4.76. The van der Waals surface area contributed by atoms with E-state index in [1.807, 2.05) is 41.5 Å². The molecule has 0 aromatic heterocycles. The molecule has 4 amide bonds. The molecule has 4 atom stereocenters. The Morgan fingerprint density at radius 2 is 1.06 bits per heavy atom. The Bertz CT molecular complexity index is 695. The van der Waals surface area contributed by atoms with Crippen molar-refractivity contribution in [3.63, 3.8) is 0 Å². The van der Waals surface area contributed by atoms with Gasteiger partial charge >= 0.3 is 5.97 Å². The highest BCUT2D eigenvalue weighted by molar-refractivity contribution is 5.96. The van der Waals surface area contributed by atoms with Crippen molar-refractivity contribution in [1.82, 2.24) is 16.0 Å². The molecule has 4 unspecified atom stereocenters. The molecule has 0 aliphatic carbocycles. The van der Waals surface area contributed by atoms with Crippen molar-refractivity contribution in [3.05, 3.63) is 0 Å². The molecule has 0 fully saturated rings. The van der Waals surface area contributed by atoms with Crippen molar-refractivity contribution in [2.75, 3.05) is 0 Å². The van der Waals surface area contributed by atoms with Crippen LogP contribution in [0.25, 0.3) is 0 Å². The first kappa shape index (κ1) is 30.3. The van der Waals surface area contributed by atoms with E-state index in [-0.39, 0.29) is 30.6 Å². The standard InChI is InChI=1S/C22H41N5O6/c1-11(2)7-14(23)19(29)25-16(10-18(24)28)21(31)26-15(8-12(3)4)20(30)27-17(22(32)33)9-13(5)6/h11-17H,7-10,23H2,1-6H3,(H2,24,28)(H,25,29)(H,26,31)(H,27,30)(H,32,33). The maximum atomic E-state index is 12.9. The normalized spacial score (nSPS) is 15.0. The third-order valence-electron chi connectivity index (χ3n) is 4.76. The molecule has 0 aromatic carbocycles. The van der Waals surface area contributed by atoms with Crippen LogP contribution in [-0.2, 0) is 24.0 Å². The molecular formula is C22H41N5O6. The van der Waals surface area contributed by atoms with Crippen molar-refractivity contribution < 1.29 is 29.1 Å². The van der Waals surface area contributed by atoms with Crippen LogP contribution in [0.3, 0.4) is 0 Å². The van der Waals surface area contributed by atoms with Gasteiger partial charge in [0.2, 0.25) is 23.6 Å². The van der Waals surface area contributed by atoms with Crippen LogP contribution in [0.1, 0.15) is 67.2 Å². The predicted octanol–water partition coefficient (Wildman–Crippen LogP) is -0.134. The largest absolute Gasteiger partial charge is 0.480 e. The molecule has 11 heteroatoms. The maximum absolute atomic E-state index is 12.9. The Morgan fingerprint density at radius 3 is 1.48 bits per heavy atom. The monoisotopic (exact) mass is 471 g/mol. The van der Waals surface area contributed by atoms with Gasteiger partial charge in [0.25, 0.3) is 0 Å². The van der Waals surface area contributed by atoms with Gasteiger partial charge in [0.1, 0.15) is 18.1 Å². The number of nitrogens with one attached hydrogen (secondary N) is 3. The minimum atomic E-state index is -1.32. The first-order valence-electron chi connectivity index (χ1n) is 11.3. The van der Waals surface area contributed by atoms with E-state index < -0.39 is 60.2 Å². The molecule has 0 heterocycles. The molecule has 190 valence electrons. The second-order valence-corrected chi connectivity index (χ2v) is 9.69. The predicted molar refractivity (Wildman–Crippen MR) is 124 cm³/mol. The summed E-state index contributed by atoms with van der Waals surface area (Å²) in [6.07, 6.45) is 0.335. The number of carboxylic acids is 1. The van der Waals surface area contributed by atoms with Gasteiger partial charge in [0.05, 0.1) is 12.5 Å². The van der Waals surface area contributed by atoms with Gasteiger partial charge in [0, 0.05) is 0 Å². The lowest BCUT2D eigenvalue weighted by molar-refractivity contribution is -0.143. The number of carboxylic acid groups (broad SMARTS) is 1. The zero-order valence-electron chi connectivity index (χ0n) is 20.5. The minimum Gasteiger partial charge on any atom is -0.480 e. The molecule has 0 aliphatic heterocycles. The number of nitrogens with two attached hydrogens (primary N) is 2. The highest BCUT2D eigenvalue weighted by atomic mass is 16.4. The van der Waals surface area contributed by atoms with E-state index in [0.717, 1.165) is 0 Å². The lowest BCUT2D eigenvalue weighted by Gasteiger charge is -2.26. The molecule has 0 saturated carbocycles. The summed E-state index contributed by atoms with van der Waals surface area (Å²) in [5.74, 6) is -3.90. The Kier molecular flexibility index (Phi) is 13.3. The second-order valence-electron chi connectivity index (χ2n) is 9.69. The summed E-state index contributed by atoms with van der Waals surface area (Å²) in [5.41, 5.74) is 11.1. The van der Waals surface area contributed by atoms with E-state index in [1.165, 1.54) is 0 Å².